The van der Waals surface area contributed by atoms with E-state index < -0.39 is 8.96 Å². The van der Waals surface area contributed by atoms with Gasteiger partial charge in [-0.05, 0) is 44.0 Å². The molecule has 1 aliphatic heterocycles. The molecule has 2 atom stereocenters. The van der Waals surface area contributed by atoms with E-state index in [-0.39, 0.29) is 0 Å². The Morgan fingerprint density at radius 2 is 2.21 bits per heavy atom. The van der Waals surface area contributed by atoms with Gasteiger partial charge in [-0.3, -0.25) is 0 Å². The molecule has 4 nitrogen and oxygen atoms in total. The van der Waals surface area contributed by atoms with E-state index >= 15 is 0 Å². The summed E-state index contributed by atoms with van der Waals surface area (Å²) in [6.45, 7) is 4.25. The predicted molar refractivity (Wildman–Crippen MR) is 84.2 cm³/mol. The molecule has 0 saturated carbocycles. The van der Waals surface area contributed by atoms with E-state index in [0.29, 0.717) is 12.9 Å². The molecular formula is C13H29NO3SSi. The quantitative estimate of drug-likeness (QED) is 0.424. The summed E-state index contributed by atoms with van der Waals surface area (Å²) in [7, 11) is 0.747. The van der Waals surface area contributed by atoms with Crippen LogP contribution in [0.1, 0.15) is 32.6 Å². The van der Waals surface area contributed by atoms with Crippen molar-refractivity contribution in [1.29, 1.82) is 0 Å². The van der Waals surface area contributed by atoms with Gasteiger partial charge in [0.05, 0.1) is 12.7 Å². The zero-order chi connectivity index (χ0) is 13.9. The Kier molecular flexibility index (Phi) is 10.2. The second kappa shape index (κ2) is 11.1. The third-order valence-corrected chi connectivity index (χ3v) is 7.24. The number of hydrogen-bond donors (Lipinski definition) is 1. The van der Waals surface area contributed by atoms with Crippen LogP contribution in [0.2, 0.25) is 12.1 Å². The predicted octanol–water partition coefficient (Wildman–Crippen LogP) is 2.46. The molecule has 1 aliphatic rings. The minimum Gasteiger partial charge on any atom is -0.359 e. The second-order valence-electron chi connectivity index (χ2n) is 4.99. The zero-order valence-electron chi connectivity index (χ0n) is 12.3. The van der Waals surface area contributed by atoms with Crippen molar-refractivity contribution in [2.45, 2.75) is 50.8 Å². The lowest BCUT2D eigenvalue weighted by atomic mass is 10.1. The Hall–Kier alpha value is 0.407. The highest BCUT2D eigenvalue weighted by Crippen LogP contribution is 2.21. The molecule has 0 amide bonds. The highest BCUT2D eigenvalue weighted by atomic mass is 32.1. The van der Waals surface area contributed by atoms with Crippen LogP contribution in [0, 0.1) is 0 Å². The number of hydroxylamine groups is 1. The summed E-state index contributed by atoms with van der Waals surface area (Å²) in [4.78, 5) is 5.86. The SMILES string of the molecule is CCON1CCC(OCOC)CCC[SiH]1CCCS. The lowest BCUT2D eigenvalue weighted by Gasteiger charge is -2.33. The molecule has 1 heterocycles. The summed E-state index contributed by atoms with van der Waals surface area (Å²) >= 11 is 4.33. The van der Waals surface area contributed by atoms with Gasteiger partial charge >= 0.3 is 0 Å². The number of hydrogen-bond acceptors (Lipinski definition) is 5. The molecule has 0 spiro atoms. The Morgan fingerprint density at radius 3 is 2.89 bits per heavy atom. The van der Waals surface area contributed by atoms with Crippen LogP contribution in [0.25, 0.3) is 0 Å². The fourth-order valence-electron chi connectivity index (χ4n) is 2.61. The minimum absolute atomic E-state index is 0.322. The summed E-state index contributed by atoms with van der Waals surface area (Å²) in [6.07, 6.45) is 5.00. The summed E-state index contributed by atoms with van der Waals surface area (Å²) in [6, 6.07) is 2.63. The van der Waals surface area contributed by atoms with Gasteiger partial charge in [0, 0.05) is 13.7 Å². The standard InChI is InChI=1S/C13H29NO3SSi/c1-3-17-14-8-7-13(16-12-15-2)6-4-10-19(14)11-5-9-18/h13,18-19H,3-12H2,1-2H3. The molecule has 1 rings (SSSR count). The van der Waals surface area contributed by atoms with Crippen LogP contribution in [0.15, 0.2) is 0 Å². The average molecular weight is 308 g/mol. The Labute approximate surface area is 124 Å². The fourth-order valence-corrected chi connectivity index (χ4v) is 6.25. The smallest absolute Gasteiger partial charge is 0.146 e. The maximum absolute atomic E-state index is 5.86. The summed E-state index contributed by atoms with van der Waals surface area (Å²) < 4.78 is 13.0. The Morgan fingerprint density at radius 1 is 1.37 bits per heavy atom. The van der Waals surface area contributed by atoms with Crippen molar-refractivity contribution in [1.82, 2.24) is 4.73 Å². The van der Waals surface area contributed by atoms with Gasteiger partial charge in [-0.1, -0.05) is 6.42 Å². The van der Waals surface area contributed by atoms with E-state index in [4.69, 9.17) is 14.3 Å². The van der Waals surface area contributed by atoms with Crippen LogP contribution < -0.4 is 0 Å². The lowest BCUT2D eigenvalue weighted by Crippen LogP contribution is -2.42. The van der Waals surface area contributed by atoms with Crippen LogP contribution in [0.3, 0.4) is 0 Å². The van der Waals surface area contributed by atoms with Crippen molar-refractivity contribution in [3.8, 4) is 0 Å². The molecule has 0 aromatic rings. The van der Waals surface area contributed by atoms with Crippen LogP contribution in [-0.2, 0) is 14.3 Å². The molecule has 6 heteroatoms. The maximum Gasteiger partial charge on any atom is 0.146 e. The van der Waals surface area contributed by atoms with Crippen molar-refractivity contribution < 1.29 is 14.3 Å². The third kappa shape index (κ3) is 7.11. The maximum atomic E-state index is 5.86. The molecule has 19 heavy (non-hydrogen) atoms. The summed E-state index contributed by atoms with van der Waals surface area (Å²) in [5.41, 5.74) is 0. The van der Waals surface area contributed by atoms with E-state index in [0.717, 1.165) is 31.7 Å². The molecule has 0 N–H and O–H groups in total. The fraction of sp³-hybridized carbons (Fsp3) is 1.00. The zero-order valence-corrected chi connectivity index (χ0v) is 14.4. The van der Waals surface area contributed by atoms with E-state index in [1.165, 1.54) is 24.9 Å². The normalized spacial score (nSPS) is 26.1. The number of thiol groups is 1. The Balaban J connectivity index is 2.44. The van der Waals surface area contributed by atoms with Crippen molar-refractivity contribution >= 4 is 21.6 Å². The van der Waals surface area contributed by atoms with Gasteiger partial charge in [0.1, 0.15) is 15.8 Å². The monoisotopic (exact) mass is 307 g/mol. The molecule has 0 aliphatic carbocycles. The van der Waals surface area contributed by atoms with Crippen molar-refractivity contribution in [3.63, 3.8) is 0 Å². The number of nitrogens with zero attached hydrogens (tertiary/aromatic N) is 1. The molecular weight excluding hydrogens is 278 g/mol. The first-order valence-corrected chi connectivity index (χ1v) is 10.2. The first kappa shape index (κ1) is 17.5. The van der Waals surface area contributed by atoms with Gasteiger partial charge in [-0.2, -0.15) is 12.6 Å². The lowest BCUT2D eigenvalue weighted by molar-refractivity contribution is -0.113. The Bertz CT molecular complexity index is 224. The highest BCUT2D eigenvalue weighted by Gasteiger charge is 2.25. The molecule has 2 unspecified atom stereocenters. The van der Waals surface area contributed by atoms with Crippen LogP contribution in [0.4, 0.5) is 0 Å². The van der Waals surface area contributed by atoms with Crippen molar-refractivity contribution in [2.24, 2.45) is 0 Å². The number of ether oxygens (including phenoxy) is 2. The van der Waals surface area contributed by atoms with Crippen LogP contribution in [-0.4, -0.2) is 52.6 Å². The third-order valence-electron chi connectivity index (χ3n) is 3.55. The van der Waals surface area contributed by atoms with Gasteiger partial charge in [0.25, 0.3) is 0 Å². The average Bonchev–Trinajstić information content (AvgIpc) is 2.41. The van der Waals surface area contributed by atoms with E-state index in [9.17, 15) is 0 Å². The first-order chi connectivity index (χ1) is 9.31. The van der Waals surface area contributed by atoms with Crippen molar-refractivity contribution in [2.75, 3.05) is 32.8 Å². The van der Waals surface area contributed by atoms with E-state index in [1.54, 1.807) is 7.11 Å². The van der Waals surface area contributed by atoms with Gasteiger partial charge in [0.15, 0.2) is 0 Å². The van der Waals surface area contributed by atoms with Gasteiger partial charge in [0.2, 0.25) is 0 Å². The van der Waals surface area contributed by atoms with Crippen LogP contribution in [0.5, 0.6) is 0 Å². The van der Waals surface area contributed by atoms with E-state index in [1.807, 2.05) is 0 Å². The molecule has 1 fully saturated rings. The topological polar surface area (TPSA) is 30.9 Å². The largest absolute Gasteiger partial charge is 0.359 e. The van der Waals surface area contributed by atoms with Crippen LogP contribution >= 0.6 is 12.6 Å². The molecule has 114 valence electrons. The molecule has 1 saturated heterocycles. The second-order valence-corrected chi connectivity index (χ2v) is 8.48. The van der Waals surface area contributed by atoms with Gasteiger partial charge < -0.3 is 14.3 Å². The number of methoxy groups -OCH3 is 1. The summed E-state index contributed by atoms with van der Waals surface area (Å²) in [5.74, 6) is 0.989. The molecule has 0 aromatic carbocycles. The van der Waals surface area contributed by atoms with Gasteiger partial charge in [-0.25, -0.2) is 4.73 Å². The minimum atomic E-state index is -0.930. The highest BCUT2D eigenvalue weighted by molar-refractivity contribution is 7.80. The molecule has 0 radical (unpaired) electrons. The first-order valence-electron chi connectivity index (χ1n) is 7.42. The molecule has 0 aromatic heterocycles. The van der Waals surface area contributed by atoms with Crippen molar-refractivity contribution in [3.05, 3.63) is 0 Å². The summed E-state index contributed by atoms with van der Waals surface area (Å²) in [5, 5.41) is 0. The van der Waals surface area contributed by atoms with E-state index in [2.05, 4.69) is 24.3 Å². The van der Waals surface area contributed by atoms with Gasteiger partial charge in [-0.15, -0.1) is 0 Å². The number of rotatable bonds is 8. The molecule has 0 bridgehead atoms.